The Morgan fingerprint density at radius 3 is 1.25 bits per heavy atom. The molecule has 8 rings (SSSR count). The summed E-state index contributed by atoms with van der Waals surface area (Å²) < 4.78 is 0. The highest BCUT2D eigenvalue weighted by molar-refractivity contribution is 8.04. The molecule has 0 saturated heterocycles. The van der Waals surface area contributed by atoms with E-state index < -0.39 is 24.4 Å². The Balaban J connectivity index is 0.910. The number of para-hydroxylation sites is 2. The van der Waals surface area contributed by atoms with Gasteiger partial charge in [-0.25, -0.2) is 0 Å². The van der Waals surface area contributed by atoms with Gasteiger partial charge in [0.15, 0.2) is 0 Å². The summed E-state index contributed by atoms with van der Waals surface area (Å²) >= 11 is 3.44. The summed E-state index contributed by atoms with van der Waals surface area (Å²) in [7, 11) is 0. The van der Waals surface area contributed by atoms with Crippen LogP contribution in [0.25, 0.3) is 11.1 Å². The van der Waals surface area contributed by atoms with Crippen LogP contribution in [-0.2, 0) is 0 Å². The number of aliphatic hydroxyl groups is 4. The smallest absolute Gasteiger partial charge is 0.0765 e. The Labute approximate surface area is 315 Å². The van der Waals surface area contributed by atoms with E-state index in [0.29, 0.717) is 0 Å². The summed E-state index contributed by atoms with van der Waals surface area (Å²) in [5.74, 6) is -1.31. The monoisotopic (exact) mass is 732 g/mol. The molecule has 4 aromatic rings. The lowest BCUT2D eigenvalue weighted by atomic mass is 9.65. The summed E-state index contributed by atoms with van der Waals surface area (Å²) in [5.41, 5.74) is 6.34. The summed E-state index contributed by atoms with van der Waals surface area (Å²) in [6.07, 6.45) is 5.88. The van der Waals surface area contributed by atoms with Crippen molar-refractivity contribution in [3.05, 3.63) is 130 Å². The third-order valence-electron chi connectivity index (χ3n) is 11.4. The van der Waals surface area contributed by atoms with Crippen molar-refractivity contribution in [2.75, 3.05) is 22.9 Å². The number of thioether (sulfide) groups is 2. The summed E-state index contributed by atoms with van der Waals surface area (Å²) in [4.78, 5) is 7.09. The van der Waals surface area contributed by atoms with Crippen molar-refractivity contribution in [1.82, 2.24) is 0 Å². The van der Waals surface area contributed by atoms with Crippen LogP contribution in [0.1, 0.15) is 62.5 Å². The third kappa shape index (κ3) is 6.42. The molecule has 52 heavy (non-hydrogen) atoms. The molecule has 2 heterocycles. The van der Waals surface area contributed by atoms with Crippen molar-refractivity contribution in [1.29, 1.82) is 0 Å². The highest BCUT2D eigenvalue weighted by Crippen LogP contribution is 2.52. The molecule has 0 radical (unpaired) electrons. The molecule has 6 nitrogen and oxygen atoms in total. The van der Waals surface area contributed by atoms with Crippen LogP contribution in [0.5, 0.6) is 0 Å². The predicted octanol–water partition coefficient (Wildman–Crippen LogP) is 8.73. The van der Waals surface area contributed by atoms with Gasteiger partial charge in [0.2, 0.25) is 0 Å². The van der Waals surface area contributed by atoms with Gasteiger partial charge in [0.1, 0.15) is 0 Å². The van der Waals surface area contributed by atoms with Crippen LogP contribution in [0.3, 0.4) is 0 Å². The highest BCUT2D eigenvalue weighted by atomic mass is 32.2. The fourth-order valence-corrected chi connectivity index (χ4v) is 10.6. The van der Waals surface area contributed by atoms with E-state index in [1.165, 1.54) is 21.2 Å². The van der Waals surface area contributed by atoms with Crippen molar-refractivity contribution < 1.29 is 20.4 Å². The molecule has 4 aliphatic rings. The lowest BCUT2D eigenvalue weighted by molar-refractivity contribution is -0.0947. The Kier molecular flexibility index (Phi) is 10.3. The SMILES string of the molecule is CCCCN1C(=CC2C(O)C(c3ccc(-c4ccc(C5C(O)C(C=C6Sc7ccccc7N6CCCC)C5O)cc4)cc3)C2O)Sc2ccccc21. The molecule has 4 aromatic carbocycles. The van der Waals surface area contributed by atoms with Gasteiger partial charge in [-0.1, -0.05) is 123 Å². The number of hydrogen-bond donors (Lipinski definition) is 4. The number of fused-ring (bicyclic) bond motifs is 2. The quantitative estimate of drug-likeness (QED) is 0.122. The van der Waals surface area contributed by atoms with Crippen molar-refractivity contribution in [2.24, 2.45) is 11.8 Å². The average molecular weight is 733 g/mol. The van der Waals surface area contributed by atoms with Crippen LogP contribution in [0.4, 0.5) is 11.4 Å². The number of anilines is 2. The van der Waals surface area contributed by atoms with Gasteiger partial charge in [0, 0.05) is 46.6 Å². The highest BCUT2D eigenvalue weighted by Gasteiger charge is 2.50. The fourth-order valence-electron chi connectivity index (χ4n) is 8.23. The van der Waals surface area contributed by atoms with E-state index in [1.54, 1.807) is 23.5 Å². The first kappa shape index (κ1) is 35.5. The maximum atomic E-state index is 11.3. The minimum atomic E-state index is -0.660. The van der Waals surface area contributed by atoms with Gasteiger partial charge in [-0.05, 0) is 71.5 Å². The first-order valence-corrected chi connectivity index (χ1v) is 20.5. The average Bonchev–Trinajstić information content (AvgIpc) is 3.72. The zero-order valence-electron chi connectivity index (χ0n) is 29.8. The largest absolute Gasteiger partial charge is 0.392 e. The molecule has 4 atom stereocenters. The second-order valence-corrected chi connectivity index (χ2v) is 16.7. The molecule has 4 unspecified atom stereocenters. The Hall–Kier alpha value is -3.50. The number of aliphatic hydroxyl groups excluding tert-OH is 4. The zero-order chi connectivity index (χ0) is 35.9. The molecule has 0 aromatic heterocycles. The van der Waals surface area contributed by atoms with E-state index in [4.69, 9.17) is 0 Å². The lowest BCUT2D eigenvalue weighted by Gasteiger charge is -2.46. The van der Waals surface area contributed by atoms with E-state index in [9.17, 15) is 20.4 Å². The van der Waals surface area contributed by atoms with E-state index in [0.717, 1.165) is 71.1 Å². The molecule has 4 N–H and O–H groups in total. The molecule has 2 saturated carbocycles. The van der Waals surface area contributed by atoms with Gasteiger partial charge < -0.3 is 30.2 Å². The standard InChI is InChI=1S/C44H48N2O4S2/c1-3-5-23-45-33-11-7-9-13-35(33)51-37(45)25-31-41(47)39(42(31)48)29-19-15-27(16-20-29)28-17-21-30(22-18-28)40-43(49)32(44(40)50)26-38-46(24-6-4-2)34-12-8-10-14-36(34)52-38/h7-22,25-26,31-32,39-44,47-50H,3-6,23-24H2,1-2H3. The van der Waals surface area contributed by atoms with Crippen LogP contribution < -0.4 is 9.80 Å². The van der Waals surface area contributed by atoms with Crippen LogP contribution in [-0.4, -0.2) is 57.9 Å². The van der Waals surface area contributed by atoms with E-state index in [2.05, 4.69) is 84.3 Å². The third-order valence-corrected chi connectivity index (χ3v) is 13.6. The maximum Gasteiger partial charge on any atom is 0.0765 e. The van der Waals surface area contributed by atoms with Crippen LogP contribution >= 0.6 is 23.5 Å². The number of hydrogen-bond acceptors (Lipinski definition) is 8. The molecule has 8 heteroatoms. The van der Waals surface area contributed by atoms with E-state index >= 15 is 0 Å². The first-order chi connectivity index (χ1) is 25.4. The molecule has 2 aliphatic carbocycles. The van der Waals surface area contributed by atoms with Gasteiger partial charge in [0.25, 0.3) is 0 Å². The number of unbranched alkanes of at least 4 members (excludes halogenated alkanes) is 2. The van der Waals surface area contributed by atoms with Gasteiger partial charge in [0.05, 0.1) is 45.8 Å². The number of benzene rings is 4. The molecule has 0 spiro atoms. The Bertz CT molecular complexity index is 1790. The molecule has 0 bridgehead atoms. The van der Waals surface area contributed by atoms with Crippen molar-refractivity contribution >= 4 is 34.9 Å². The topological polar surface area (TPSA) is 87.4 Å². The molecule has 0 amide bonds. The Morgan fingerprint density at radius 2 is 0.885 bits per heavy atom. The summed E-state index contributed by atoms with van der Waals surface area (Å²) in [6, 6.07) is 33.0. The van der Waals surface area contributed by atoms with E-state index in [1.807, 2.05) is 48.5 Å². The minimum absolute atomic E-state index is 0.320. The normalized spacial score (nSPS) is 29.3. The van der Waals surface area contributed by atoms with Gasteiger partial charge in [-0.2, -0.15) is 0 Å². The Morgan fingerprint density at radius 1 is 0.519 bits per heavy atom. The number of nitrogens with zero attached hydrogens (tertiary/aromatic N) is 2. The van der Waals surface area contributed by atoms with Gasteiger partial charge >= 0.3 is 0 Å². The molecule has 2 aliphatic heterocycles. The predicted molar refractivity (Wildman–Crippen MR) is 214 cm³/mol. The molecular weight excluding hydrogens is 685 g/mol. The van der Waals surface area contributed by atoms with Crippen LogP contribution in [0.2, 0.25) is 0 Å². The second-order valence-electron chi connectivity index (χ2n) is 14.6. The van der Waals surface area contributed by atoms with Crippen molar-refractivity contribution in [3.63, 3.8) is 0 Å². The van der Waals surface area contributed by atoms with Crippen LogP contribution in [0.15, 0.2) is 129 Å². The van der Waals surface area contributed by atoms with Gasteiger partial charge in [-0.3, -0.25) is 0 Å². The summed E-state index contributed by atoms with van der Waals surface area (Å²) in [6.45, 7) is 6.23. The molecular formula is C44H48N2O4S2. The summed E-state index contributed by atoms with van der Waals surface area (Å²) in [5, 5.41) is 47.3. The second kappa shape index (κ2) is 15.1. The first-order valence-electron chi connectivity index (χ1n) is 18.8. The van der Waals surface area contributed by atoms with Crippen molar-refractivity contribution in [3.8, 4) is 11.1 Å². The van der Waals surface area contributed by atoms with Crippen LogP contribution in [0, 0.1) is 11.8 Å². The molecule has 2 fully saturated rings. The lowest BCUT2D eigenvalue weighted by Crippen LogP contribution is -2.52. The van der Waals surface area contributed by atoms with Crippen molar-refractivity contribution in [2.45, 2.75) is 85.6 Å². The maximum absolute atomic E-state index is 11.3. The zero-order valence-corrected chi connectivity index (χ0v) is 31.4. The number of rotatable bonds is 11. The van der Waals surface area contributed by atoms with E-state index in [-0.39, 0.29) is 23.7 Å². The minimum Gasteiger partial charge on any atom is -0.392 e. The van der Waals surface area contributed by atoms with Gasteiger partial charge in [-0.15, -0.1) is 0 Å². The fraction of sp³-hybridized carbons (Fsp3) is 0.364. The molecule has 270 valence electrons.